The Kier molecular flexibility index (Phi) is 8.52. The van der Waals surface area contributed by atoms with Crippen LogP contribution >= 0.6 is 12.4 Å². The molecule has 4 N–H and O–H groups in total. The quantitative estimate of drug-likeness (QED) is 0.675. The maximum atomic E-state index is 12.0. The molecule has 2 unspecified atom stereocenters. The van der Waals surface area contributed by atoms with Gasteiger partial charge in [0.05, 0.1) is 13.2 Å². The number of carbonyl (C=O) groups excluding carboxylic acids is 2. The van der Waals surface area contributed by atoms with Crippen LogP contribution in [0.25, 0.3) is 0 Å². The Bertz CT molecular complexity index is 491. The number of esters is 1. The van der Waals surface area contributed by atoms with Crippen molar-refractivity contribution in [3.05, 3.63) is 29.8 Å². The van der Waals surface area contributed by atoms with Gasteiger partial charge in [-0.05, 0) is 23.6 Å². The lowest BCUT2D eigenvalue weighted by Gasteiger charge is -2.21. The summed E-state index contributed by atoms with van der Waals surface area (Å²) in [5.74, 6) is -0.817. The zero-order valence-electron chi connectivity index (χ0n) is 12.9. The third-order valence-corrected chi connectivity index (χ3v) is 3.20. The first kappa shape index (κ1) is 20.2. The van der Waals surface area contributed by atoms with E-state index in [1.54, 1.807) is 12.1 Å². The highest BCUT2D eigenvalue weighted by molar-refractivity contribution is 5.87. The molecule has 0 fully saturated rings. The van der Waals surface area contributed by atoms with E-state index in [1.165, 1.54) is 19.2 Å². The maximum absolute atomic E-state index is 12.0. The van der Waals surface area contributed by atoms with E-state index in [4.69, 9.17) is 10.5 Å². The number of nitrogens with one attached hydrogen (secondary N) is 1. The number of methoxy groups -OCH3 is 1. The molecule has 0 saturated carbocycles. The lowest BCUT2D eigenvalue weighted by molar-refractivity contribution is -0.145. The van der Waals surface area contributed by atoms with E-state index in [0.29, 0.717) is 0 Å². The number of aromatic hydroxyl groups is 1. The van der Waals surface area contributed by atoms with Crippen molar-refractivity contribution < 1.29 is 19.4 Å². The number of carbonyl (C=O) groups is 2. The average Bonchev–Trinajstić information content (AvgIpc) is 2.46. The van der Waals surface area contributed by atoms with E-state index in [1.807, 2.05) is 13.8 Å². The highest BCUT2D eigenvalue weighted by Gasteiger charge is 2.25. The van der Waals surface area contributed by atoms with Crippen LogP contribution < -0.4 is 11.1 Å². The van der Waals surface area contributed by atoms with Gasteiger partial charge in [-0.15, -0.1) is 12.4 Å². The first-order valence-corrected chi connectivity index (χ1v) is 6.76. The summed E-state index contributed by atoms with van der Waals surface area (Å²) in [6, 6.07) is 4.91. The summed E-state index contributed by atoms with van der Waals surface area (Å²) < 4.78 is 4.71. The second-order valence-electron chi connectivity index (χ2n) is 5.22. The van der Waals surface area contributed by atoms with Crippen molar-refractivity contribution in [2.45, 2.75) is 32.4 Å². The van der Waals surface area contributed by atoms with Gasteiger partial charge in [-0.2, -0.15) is 0 Å². The summed E-state index contributed by atoms with van der Waals surface area (Å²) in [5, 5.41) is 11.9. The molecule has 0 bridgehead atoms. The van der Waals surface area contributed by atoms with Crippen LogP contribution in [0.5, 0.6) is 5.75 Å². The van der Waals surface area contributed by atoms with E-state index in [0.717, 1.165) is 5.56 Å². The van der Waals surface area contributed by atoms with E-state index in [9.17, 15) is 14.7 Å². The second kappa shape index (κ2) is 9.27. The number of phenolic OH excluding ortho intramolecular Hbond substituents is 1. The number of hydrogen-bond donors (Lipinski definition) is 3. The SMILES string of the molecule is COC(=O)C(Cc1ccc(O)cc1)NC(=O)C(N)C(C)C.Cl. The minimum atomic E-state index is -0.808. The molecule has 0 heterocycles. The summed E-state index contributed by atoms with van der Waals surface area (Å²) in [6.45, 7) is 3.66. The Balaban J connectivity index is 0.00000441. The van der Waals surface area contributed by atoms with Gasteiger partial charge >= 0.3 is 5.97 Å². The molecule has 2 atom stereocenters. The number of benzene rings is 1. The van der Waals surface area contributed by atoms with Crippen LogP contribution in [0.15, 0.2) is 24.3 Å². The van der Waals surface area contributed by atoms with Gasteiger partial charge in [-0.25, -0.2) is 4.79 Å². The van der Waals surface area contributed by atoms with Crippen LogP contribution in [0.4, 0.5) is 0 Å². The first-order chi connectivity index (χ1) is 9.85. The Morgan fingerprint density at radius 2 is 1.82 bits per heavy atom. The summed E-state index contributed by atoms with van der Waals surface area (Å²) >= 11 is 0. The fourth-order valence-corrected chi connectivity index (χ4v) is 1.77. The second-order valence-corrected chi connectivity index (χ2v) is 5.22. The number of ether oxygens (including phenoxy) is 1. The van der Waals surface area contributed by atoms with Gasteiger partial charge in [0, 0.05) is 6.42 Å². The Morgan fingerprint density at radius 3 is 2.27 bits per heavy atom. The molecule has 22 heavy (non-hydrogen) atoms. The number of amides is 1. The van der Waals surface area contributed by atoms with Crippen molar-refractivity contribution in [2.24, 2.45) is 11.7 Å². The van der Waals surface area contributed by atoms with E-state index >= 15 is 0 Å². The predicted molar refractivity (Wildman–Crippen MR) is 85.8 cm³/mol. The largest absolute Gasteiger partial charge is 0.508 e. The average molecular weight is 331 g/mol. The van der Waals surface area contributed by atoms with Crippen molar-refractivity contribution in [1.29, 1.82) is 0 Å². The lowest BCUT2D eigenvalue weighted by Crippen LogP contribution is -2.51. The van der Waals surface area contributed by atoms with Gasteiger partial charge in [0.25, 0.3) is 0 Å². The number of rotatable bonds is 6. The van der Waals surface area contributed by atoms with Gasteiger partial charge in [0.1, 0.15) is 11.8 Å². The third kappa shape index (κ3) is 5.91. The minimum Gasteiger partial charge on any atom is -0.508 e. The van der Waals surface area contributed by atoms with Crippen molar-refractivity contribution in [3.8, 4) is 5.75 Å². The summed E-state index contributed by atoms with van der Waals surface area (Å²) in [5.41, 5.74) is 6.56. The number of phenols is 1. The molecule has 0 aliphatic carbocycles. The molecular formula is C15H23ClN2O4. The van der Waals surface area contributed by atoms with E-state index in [2.05, 4.69) is 5.32 Å². The van der Waals surface area contributed by atoms with Crippen molar-refractivity contribution in [1.82, 2.24) is 5.32 Å². The van der Waals surface area contributed by atoms with Crippen LogP contribution in [0.3, 0.4) is 0 Å². The molecule has 0 aliphatic heterocycles. The van der Waals surface area contributed by atoms with Crippen LogP contribution in [0.2, 0.25) is 0 Å². The van der Waals surface area contributed by atoms with Gasteiger partial charge in [0.2, 0.25) is 5.91 Å². The lowest BCUT2D eigenvalue weighted by atomic mass is 10.0. The molecule has 1 amide bonds. The van der Waals surface area contributed by atoms with Crippen molar-refractivity contribution in [3.63, 3.8) is 0 Å². The zero-order valence-corrected chi connectivity index (χ0v) is 13.7. The smallest absolute Gasteiger partial charge is 0.328 e. The summed E-state index contributed by atoms with van der Waals surface area (Å²) in [6.07, 6.45) is 0.267. The van der Waals surface area contributed by atoms with Crippen LogP contribution in [0, 0.1) is 5.92 Å². The number of nitrogens with two attached hydrogens (primary N) is 1. The molecule has 0 aliphatic rings. The van der Waals surface area contributed by atoms with Gasteiger partial charge in [-0.3, -0.25) is 4.79 Å². The maximum Gasteiger partial charge on any atom is 0.328 e. The van der Waals surface area contributed by atoms with Crippen LogP contribution in [-0.2, 0) is 20.7 Å². The molecule has 124 valence electrons. The molecule has 0 radical (unpaired) electrons. The third-order valence-electron chi connectivity index (χ3n) is 3.20. The molecule has 6 nitrogen and oxygen atoms in total. The molecular weight excluding hydrogens is 308 g/mol. The topological polar surface area (TPSA) is 102 Å². The Morgan fingerprint density at radius 1 is 1.27 bits per heavy atom. The van der Waals surface area contributed by atoms with Gasteiger partial charge < -0.3 is 20.9 Å². The van der Waals surface area contributed by atoms with E-state index < -0.39 is 18.1 Å². The highest BCUT2D eigenvalue weighted by Crippen LogP contribution is 2.12. The molecule has 1 aromatic carbocycles. The summed E-state index contributed by atoms with van der Waals surface area (Å²) in [4.78, 5) is 23.8. The summed E-state index contributed by atoms with van der Waals surface area (Å²) in [7, 11) is 1.26. The molecule has 7 heteroatoms. The fraction of sp³-hybridized carbons (Fsp3) is 0.467. The molecule has 1 rings (SSSR count). The first-order valence-electron chi connectivity index (χ1n) is 6.76. The standard InChI is InChI=1S/C15H22N2O4.ClH/c1-9(2)13(16)14(19)17-12(15(20)21-3)8-10-4-6-11(18)7-5-10;/h4-7,9,12-13,18H,8,16H2,1-3H3,(H,17,19);1H. The van der Waals surface area contributed by atoms with Gasteiger partial charge in [-0.1, -0.05) is 26.0 Å². The van der Waals surface area contributed by atoms with Crippen molar-refractivity contribution in [2.75, 3.05) is 7.11 Å². The molecule has 0 saturated heterocycles. The van der Waals surface area contributed by atoms with Crippen LogP contribution in [0.1, 0.15) is 19.4 Å². The van der Waals surface area contributed by atoms with Gasteiger partial charge in [0.15, 0.2) is 0 Å². The predicted octanol–water partition coefficient (Wildman–Crippen LogP) is 0.998. The highest BCUT2D eigenvalue weighted by atomic mass is 35.5. The number of hydrogen-bond acceptors (Lipinski definition) is 5. The monoisotopic (exact) mass is 330 g/mol. The Labute approximate surface area is 136 Å². The fourth-order valence-electron chi connectivity index (χ4n) is 1.77. The van der Waals surface area contributed by atoms with Crippen molar-refractivity contribution >= 4 is 24.3 Å². The molecule has 1 aromatic rings. The zero-order chi connectivity index (χ0) is 16.0. The van der Waals surface area contributed by atoms with Crippen LogP contribution in [-0.4, -0.2) is 36.2 Å². The molecule has 0 aromatic heterocycles. The Hall–Kier alpha value is -1.79. The van der Waals surface area contributed by atoms with E-state index in [-0.39, 0.29) is 36.4 Å². The number of halogens is 1. The minimum absolute atomic E-state index is 0. The normalized spacial score (nSPS) is 13.0. The molecule has 0 spiro atoms.